The lowest BCUT2D eigenvalue weighted by Gasteiger charge is -2.33. The van der Waals surface area contributed by atoms with Crippen molar-refractivity contribution in [2.24, 2.45) is 0 Å². The third kappa shape index (κ3) is 5.95. The van der Waals surface area contributed by atoms with Crippen molar-refractivity contribution in [1.29, 1.82) is 0 Å². The van der Waals surface area contributed by atoms with E-state index in [0.717, 1.165) is 43.7 Å². The molecule has 0 unspecified atom stereocenters. The van der Waals surface area contributed by atoms with Gasteiger partial charge in [-0.2, -0.15) is 0 Å². The summed E-state index contributed by atoms with van der Waals surface area (Å²) in [4.78, 5) is 7.02. The maximum atomic E-state index is 15.5. The molecule has 35 heavy (non-hydrogen) atoms. The maximum absolute atomic E-state index is 15.5. The van der Waals surface area contributed by atoms with Crippen LogP contribution in [0.2, 0.25) is 0 Å². The SMILES string of the molecule is C.CCN1CCc2cc(NS(=O)(=O)c3ccc(C4(F)CCC(OC)CC4)cc3)c(OC)nc2CC1. The van der Waals surface area contributed by atoms with Crippen LogP contribution >= 0.6 is 0 Å². The van der Waals surface area contributed by atoms with Crippen LogP contribution in [0.25, 0.3) is 0 Å². The van der Waals surface area contributed by atoms with Crippen LogP contribution in [-0.2, 0) is 33.3 Å². The summed E-state index contributed by atoms with van der Waals surface area (Å²) in [6, 6.07) is 7.91. The summed E-state index contributed by atoms with van der Waals surface area (Å²) in [6.45, 7) is 4.92. The van der Waals surface area contributed by atoms with Crippen molar-refractivity contribution >= 4 is 15.7 Å². The molecule has 2 heterocycles. The molecule has 194 valence electrons. The summed E-state index contributed by atoms with van der Waals surface area (Å²) in [5.74, 6) is 0.251. The number of nitrogens with zero attached hydrogens (tertiary/aromatic N) is 2. The molecule has 0 spiro atoms. The molecule has 9 heteroatoms. The Morgan fingerprint density at radius 2 is 1.80 bits per heavy atom. The number of aromatic nitrogens is 1. The van der Waals surface area contributed by atoms with Gasteiger partial charge in [0.2, 0.25) is 5.88 Å². The Morgan fingerprint density at radius 1 is 1.14 bits per heavy atom. The lowest BCUT2D eigenvalue weighted by atomic mass is 9.80. The number of methoxy groups -OCH3 is 2. The maximum Gasteiger partial charge on any atom is 0.262 e. The van der Waals surface area contributed by atoms with Crippen LogP contribution in [0.1, 0.15) is 56.9 Å². The highest BCUT2D eigenvalue weighted by atomic mass is 32.2. The first-order valence-corrected chi connectivity index (χ1v) is 13.4. The summed E-state index contributed by atoms with van der Waals surface area (Å²) in [6.07, 6.45) is 3.70. The van der Waals surface area contributed by atoms with Crippen LogP contribution in [0, 0.1) is 0 Å². The predicted octanol–water partition coefficient (Wildman–Crippen LogP) is 4.70. The number of pyridine rings is 1. The zero-order valence-corrected chi connectivity index (χ0v) is 21.0. The van der Waals surface area contributed by atoms with E-state index in [9.17, 15) is 8.42 Å². The Bertz CT molecular complexity index is 1100. The lowest BCUT2D eigenvalue weighted by molar-refractivity contribution is 0.00579. The number of sulfonamides is 1. The Labute approximate surface area is 209 Å². The van der Waals surface area contributed by atoms with Crippen molar-refractivity contribution in [2.75, 3.05) is 38.6 Å². The Hall–Kier alpha value is -2.23. The number of hydrogen-bond acceptors (Lipinski definition) is 6. The fourth-order valence-electron chi connectivity index (χ4n) is 4.92. The van der Waals surface area contributed by atoms with Gasteiger partial charge in [-0.05, 0) is 68.0 Å². The third-order valence-corrected chi connectivity index (χ3v) is 8.53. The van der Waals surface area contributed by atoms with Crippen LogP contribution in [0.4, 0.5) is 10.1 Å². The molecule has 0 bridgehead atoms. The Kier molecular flexibility index (Phi) is 8.77. The summed E-state index contributed by atoms with van der Waals surface area (Å²) in [5.41, 5.74) is 1.33. The quantitative estimate of drug-likeness (QED) is 0.585. The largest absolute Gasteiger partial charge is 0.479 e. The molecule has 0 saturated heterocycles. The minimum Gasteiger partial charge on any atom is -0.479 e. The highest BCUT2D eigenvalue weighted by molar-refractivity contribution is 7.92. The van der Waals surface area contributed by atoms with E-state index in [2.05, 4.69) is 21.5 Å². The fraction of sp³-hybridized carbons (Fsp3) is 0.577. The molecule has 1 aliphatic heterocycles. The van der Waals surface area contributed by atoms with Gasteiger partial charge in [0, 0.05) is 32.3 Å². The van der Waals surface area contributed by atoms with Crippen LogP contribution in [0.5, 0.6) is 5.88 Å². The number of likely N-dealkylation sites (N-methyl/N-ethyl adjacent to an activating group) is 1. The average Bonchev–Trinajstić information content (AvgIpc) is 3.05. The van der Waals surface area contributed by atoms with Crippen molar-refractivity contribution in [3.05, 3.63) is 47.2 Å². The first-order chi connectivity index (χ1) is 16.3. The monoisotopic (exact) mass is 507 g/mol. The fourth-order valence-corrected chi connectivity index (χ4v) is 5.96. The number of halogens is 1. The topological polar surface area (TPSA) is 80.8 Å². The van der Waals surface area contributed by atoms with E-state index in [-0.39, 0.29) is 24.3 Å². The number of ether oxygens (including phenoxy) is 2. The summed E-state index contributed by atoms with van der Waals surface area (Å²) in [7, 11) is -0.769. The third-order valence-electron chi connectivity index (χ3n) is 7.14. The first-order valence-electron chi connectivity index (χ1n) is 11.9. The summed E-state index contributed by atoms with van der Waals surface area (Å²) >= 11 is 0. The molecule has 4 rings (SSSR count). The molecule has 0 radical (unpaired) electrons. The smallest absolute Gasteiger partial charge is 0.262 e. The molecule has 1 N–H and O–H groups in total. The van der Waals surface area contributed by atoms with Crippen LogP contribution in [0.15, 0.2) is 35.2 Å². The molecule has 0 amide bonds. The van der Waals surface area contributed by atoms with Gasteiger partial charge < -0.3 is 14.4 Å². The molecule has 2 aromatic rings. The van der Waals surface area contributed by atoms with Crippen molar-refractivity contribution in [2.45, 2.75) is 69.5 Å². The number of hydrogen-bond donors (Lipinski definition) is 1. The number of rotatable bonds is 7. The second-order valence-corrected chi connectivity index (χ2v) is 10.8. The van der Waals surface area contributed by atoms with Gasteiger partial charge >= 0.3 is 0 Å². The van der Waals surface area contributed by atoms with Gasteiger partial charge in [0.25, 0.3) is 10.0 Å². The molecular weight excluding hydrogens is 469 g/mol. The van der Waals surface area contributed by atoms with Gasteiger partial charge in [-0.3, -0.25) is 4.72 Å². The minimum absolute atomic E-state index is 0. The predicted molar refractivity (Wildman–Crippen MR) is 136 cm³/mol. The zero-order valence-electron chi connectivity index (χ0n) is 20.1. The number of fused-ring (bicyclic) bond motifs is 1. The molecule has 1 aliphatic carbocycles. The molecule has 1 aromatic carbocycles. The van der Waals surface area contributed by atoms with Gasteiger partial charge in [-0.15, -0.1) is 0 Å². The van der Waals surface area contributed by atoms with Gasteiger partial charge in [0.05, 0.1) is 18.1 Å². The van der Waals surface area contributed by atoms with Crippen LogP contribution in [-0.4, -0.2) is 58.3 Å². The van der Waals surface area contributed by atoms with Crippen LogP contribution in [0.3, 0.4) is 0 Å². The van der Waals surface area contributed by atoms with Crippen molar-refractivity contribution in [3.63, 3.8) is 0 Å². The normalized spacial score (nSPS) is 23.0. The number of anilines is 1. The molecule has 7 nitrogen and oxygen atoms in total. The van der Waals surface area contributed by atoms with Crippen LogP contribution < -0.4 is 9.46 Å². The molecule has 1 saturated carbocycles. The standard InChI is InChI=1S/C25H34FN3O4S.CH4/c1-4-29-15-11-18-17-23(24(33-3)27-22(18)12-16-29)28-34(30,31)21-7-5-19(6-8-21)25(26)13-9-20(32-2)10-14-25;/h5-8,17,20,28H,4,9-16H2,1-3H3;1H4. The van der Waals surface area contributed by atoms with Crippen molar-refractivity contribution in [1.82, 2.24) is 9.88 Å². The summed E-state index contributed by atoms with van der Waals surface area (Å²) in [5, 5.41) is 0. The minimum atomic E-state index is -3.90. The second kappa shape index (κ2) is 11.2. The van der Waals surface area contributed by atoms with Crippen molar-refractivity contribution < 1.29 is 22.3 Å². The van der Waals surface area contributed by atoms with Gasteiger partial charge in [0.15, 0.2) is 0 Å². The van der Waals surface area contributed by atoms with Crippen molar-refractivity contribution in [3.8, 4) is 5.88 Å². The van der Waals surface area contributed by atoms with Gasteiger partial charge in [-0.1, -0.05) is 26.5 Å². The first kappa shape index (κ1) is 27.4. The molecule has 2 aliphatic rings. The molecule has 0 atom stereocenters. The molecule has 1 fully saturated rings. The number of alkyl halides is 1. The Morgan fingerprint density at radius 3 is 2.40 bits per heavy atom. The second-order valence-electron chi connectivity index (χ2n) is 9.12. The zero-order chi connectivity index (χ0) is 24.3. The highest BCUT2D eigenvalue weighted by Gasteiger charge is 2.37. The van der Waals surface area contributed by atoms with E-state index < -0.39 is 15.7 Å². The Balaban J connectivity index is 0.00000342. The van der Waals surface area contributed by atoms with Gasteiger partial charge in [-0.25, -0.2) is 17.8 Å². The highest BCUT2D eigenvalue weighted by Crippen LogP contribution is 2.41. The van der Waals surface area contributed by atoms with E-state index in [4.69, 9.17) is 9.47 Å². The van der Waals surface area contributed by atoms with E-state index >= 15 is 4.39 Å². The van der Waals surface area contributed by atoms with E-state index in [1.165, 1.54) is 19.2 Å². The van der Waals surface area contributed by atoms with E-state index in [1.54, 1.807) is 19.2 Å². The van der Waals surface area contributed by atoms with E-state index in [0.29, 0.717) is 36.9 Å². The van der Waals surface area contributed by atoms with E-state index in [1.807, 2.05) is 6.07 Å². The molecular formula is C26H38FN3O4S. The number of nitrogens with one attached hydrogen (secondary N) is 1. The van der Waals surface area contributed by atoms with Gasteiger partial charge in [0.1, 0.15) is 11.4 Å². The summed E-state index contributed by atoms with van der Waals surface area (Å²) < 4.78 is 55.1. The lowest BCUT2D eigenvalue weighted by Crippen LogP contribution is -2.30. The number of benzene rings is 1. The average molecular weight is 508 g/mol. The molecule has 1 aromatic heterocycles.